The molecule has 1 rings (SSSR count). The molecule has 0 fully saturated rings. The monoisotopic (exact) mass is 326 g/mol. The third-order valence-corrected chi connectivity index (χ3v) is 4.36. The van der Waals surface area contributed by atoms with E-state index in [0.29, 0.717) is 0 Å². The number of benzene rings is 1. The first kappa shape index (κ1) is 18.3. The lowest BCUT2D eigenvalue weighted by atomic mass is 10.2. The second-order valence-corrected chi connectivity index (χ2v) is 6.53. The van der Waals surface area contributed by atoms with Crippen LogP contribution in [0, 0.1) is 6.92 Å². The number of hydrogen-bond donors (Lipinski definition) is 2. The lowest BCUT2D eigenvalue weighted by Gasteiger charge is -2.12. The zero-order valence-corrected chi connectivity index (χ0v) is 13.7. The number of amides is 1. The summed E-state index contributed by atoms with van der Waals surface area (Å²) in [6.07, 6.45) is 0.950. The molecule has 22 heavy (non-hydrogen) atoms. The molecule has 1 atom stereocenters. The van der Waals surface area contributed by atoms with Gasteiger partial charge in [0, 0.05) is 13.1 Å². The highest BCUT2D eigenvalue weighted by molar-refractivity contribution is 7.89. The normalized spacial score (nSPS) is 12.6. The Morgan fingerprint density at radius 1 is 1.32 bits per heavy atom. The number of ether oxygens (including phenoxy) is 1. The third-order valence-electron chi connectivity index (χ3n) is 2.88. The quantitative estimate of drug-likeness (QED) is 0.523. The Kier molecular flexibility index (Phi) is 7.23. The van der Waals surface area contributed by atoms with Gasteiger partial charge in [-0.25, -0.2) is 13.1 Å². The molecule has 0 saturated carbocycles. The molecular formula is C15H22N2O4S. The molecule has 6 nitrogen and oxygen atoms in total. The molecule has 0 heterocycles. The number of hydrogen-bond acceptors (Lipinski definition) is 4. The van der Waals surface area contributed by atoms with Gasteiger partial charge in [-0.1, -0.05) is 23.8 Å². The van der Waals surface area contributed by atoms with Crippen LogP contribution in [-0.2, 0) is 19.6 Å². The van der Waals surface area contributed by atoms with Crippen molar-refractivity contribution in [3.63, 3.8) is 0 Å². The second-order valence-electron chi connectivity index (χ2n) is 4.77. The van der Waals surface area contributed by atoms with E-state index in [0.717, 1.165) is 5.56 Å². The lowest BCUT2D eigenvalue weighted by molar-refractivity contribution is -0.130. The highest BCUT2D eigenvalue weighted by Crippen LogP contribution is 2.09. The minimum atomic E-state index is -3.56. The van der Waals surface area contributed by atoms with Gasteiger partial charge in [0.05, 0.1) is 11.5 Å². The van der Waals surface area contributed by atoms with Crippen molar-refractivity contribution in [1.29, 1.82) is 0 Å². The molecule has 0 bridgehead atoms. The van der Waals surface area contributed by atoms with Crippen molar-refractivity contribution >= 4 is 15.9 Å². The first-order chi connectivity index (χ1) is 10.4. The van der Waals surface area contributed by atoms with E-state index < -0.39 is 16.1 Å². The molecule has 0 aliphatic rings. The Morgan fingerprint density at radius 3 is 2.55 bits per heavy atom. The molecule has 0 radical (unpaired) electrons. The predicted molar refractivity (Wildman–Crippen MR) is 85.0 cm³/mol. The second kappa shape index (κ2) is 8.67. The van der Waals surface area contributed by atoms with E-state index >= 15 is 0 Å². The van der Waals surface area contributed by atoms with Gasteiger partial charge in [-0.15, -0.1) is 6.58 Å². The average Bonchev–Trinajstić information content (AvgIpc) is 2.49. The Morgan fingerprint density at radius 2 is 1.95 bits per heavy atom. The fourth-order valence-electron chi connectivity index (χ4n) is 1.60. The van der Waals surface area contributed by atoms with E-state index in [4.69, 9.17) is 4.74 Å². The van der Waals surface area contributed by atoms with Crippen LogP contribution in [-0.4, -0.2) is 40.1 Å². The van der Waals surface area contributed by atoms with Gasteiger partial charge in [-0.05, 0) is 26.0 Å². The summed E-state index contributed by atoms with van der Waals surface area (Å²) >= 11 is 0. The van der Waals surface area contributed by atoms with Crippen molar-refractivity contribution in [1.82, 2.24) is 10.0 Å². The van der Waals surface area contributed by atoms with Crippen LogP contribution >= 0.6 is 0 Å². The van der Waals surface area contributed by atoms with Crippen LogP contribution in [0.25, 0.3) is 0 Å². The maximum absolute atomic E-state index is 12.0. The van der Waals surface area contributed by atoms with Gasteiger partial charge in [0.15, 0.2) is 0 Å². The van der Waals surface area contributed by atoms with Gasteiger partial charge >= 0.3 is 0 Å². The summed E-state index contributed by atoms with van der Waals surface area (Å²) in [6.45, 7) is 7.58. The zero-order valence-electron chi connectivity index (χ0n) is 12.8. The van der Waals surface area contributed by atoms with Crippen LogP contribution in [0.15, 0.2) is 41.8 Å². The molecule has 1 aromatic carbocycles. The number of aryl methyl sites for hydroxylation is 1. The van der Waals surface area contributed by atoms with Crippen LogP contribution in [0.2, 0.25) is 0 Å². The standard InChI is InChI=1S/C15H22N2O4S/c1-4-11-21-13(3)15(18)16-9-10-17-22(19,20)14-7-5-12(2)6-8-14/h4-8,13,17H,1,9-11H2,2-3H3,(H,16,18)/t13-/m0/s1. The smallest absolute Gasteiger partial charge is 0.248 e. The largest absolute Gasteiger partial charge is 0.365 e. The summed E-state index contributed by atoms with van der Waals surface area (Å²) in [7, 11) is -3.56. The maximum atomic E-state index is 12.0. The maximum Gasteiger partial charge on any atom is 0.248 e. The number of rotatable bonds is 9. The van der Waals surface area contributed by atoms with Gasteiger partial charge in [0.1, 0.15) is 6.10 Å². The minimum Gasteiger partial charge on any atom is -0.365 e. The fourth-order valence-corrected chi connectivity index (χ4v) is 2.64. The van der Waals surface area contributed by atoms with E-state index in [-0.39, 0.29) is 30.5 Å². The Hall–Kier alpha value is -1.70. The number of nitrogens with one attached hydrogen (secondary N) is 2. The molecule has 0 aromatic heterocycles. The number of sulfonamides is 1. The zero-order chi connectivity index (χ0) is 16.6. The molecule has 0 aliphatic heterocycles. The molecule has 0 saturated heterocycles. The van der Waals surface area contributed by atoms with Crippen molar-refractivity contribution in [3.8, 4) is 0 Å². The van der Waals surface area contributed by atoms with Gasteiger partial charge in [-0.2, -0.15) is 0 Å². The van der Waals surface area contributed by atoms with Crippen molar-refractivity contribution in [2.75, 3.05) is 19.7 Å². The van der Waals surface area contributed by atoms with Crippen molar-refractivity contribution in [2.45, 2.75) is 24.8 Å². The lowest BCUT2D eigenvalue weighted by Crippen LogP contribution is -2.39. The molecule has 1 aromatic rings. The highest BCUT2D eigenvalue weighted by atomic mass is 32.2. The summed E-state index contributed by atoms with van der Waals surface area (Å²) in [6, 6.07) is 6.55. The summed E-state index contributed by atoms with van der Waals surface area (Å²) < 4.78 is 31.6. The molecule has 7 heteroatoms. The highest BCUT2D eigenvalue weighted by Gasteiger charge is 2.14. The van der Waals surface area contributed by atoms with Crippen LogP contribution in [0.4, 0.5) is 0 Å². The molecule has 122 valence electrons. The minimum absolute atomic E-state index is 0.107. The van der Waals surface area contributed by atoms with Crippen LogP contribution in [0.1, 0.15) is 12.5 Å². The summed E-state index contributed by atoms with van der Waals surface area (Å²) in [5.74, 6) is -0.295. The molecule has 0 spiro atoms. The topological polar surface area (TPSA) is 84.5 Å². The SMILES string of the molecule is C=CCO[C@@H](C)C(=O)NCCNS(=O)(=O)c1ccc(C)cc1. The Balaban J connectivity index is 2.39. The van der Waals surface area contributed by atoms with Crippen molar-refractivity contribution < 1.29 is 17.9 Å². The summed E-state index contributed by atoms with van der Waals surface area (Å²) in [5, 5.41) is 2.60. The van der Waals surface area contributed by atoms with Gasteiger partial charge < -0.3 is 10.1 Å². The van der Waals surface area contributed by atoms with Crippen LogP contribution in [0.3, 0.4) is 0 Å². The summed E-state index contributed by atoms with van der Waals surface area (Å²) in [4.78, 5) is 11.8. The first-order valence-corrected chi connectivity index (χ1v) is 8.41. The fraction of sp³-hybridized carbons (Fsp3) is 0.400. The Bertz CT molecular complexity index is 596. The Labute approximate surface area is 131 Å². The van der Waals surface area contributed by atoms with E-state index in [1.807, 2.05) is 6.92 Å². The molecular weight excluding hydrogens is 304 g/mol. The molecule has 1 amide bonds. The van der Waals surface area contributed by atoms with E-state index in [1.165, 1.54) is 0 Å². The van der Waals surface area contributed by atoms with Crippen LogP contribution < -0.4 is 10.0 Å². The van der Waals surface area contributed by atoms with Crippen LogP contribution in [0.5, 0.6) is 0 Å². The summed E-state index contributed by atoms with van der Waals surface area (Å²) in [5.41, 5.74) is 0.986. The average molecular weight is 326 g/mol. The van der Waals surface area contributed by atoms with Crippen molar-refractivity contribution in [2.24, 2.45) is 0 Å². The van der Waals surface area contributed by atoms with Gasteiger partial charge in [0.25, 0.3) is 0 Å². The van der Waals surface area contributed by atoms with E-state index in [9.17, 15) is 13.2 Å². The third kappa shape index (κ3) is 5.97. The van der Waals surface area contributed by atoms with Gasteiger partial charge in [-0.3, -0.25) is 4.79 Å². The van der Waals surface area contributed by atoms with E-state index in [1.54, 1.807) is 37.3 Å². The molecule has 2 N–H and O–H groups in total. The number of carbonyl (C=O) groups excluding carboxylic acids is 1. The first-order valence-electron chi connectivity index (χ1n) is 6.93. The molecule has 0 aliphatic carbocycles. The van der Waals surface area contributed by atoms with Gasteiger partial charge in [0.2, 0.25) is 15.9 Å². The van der Waals surface area contributed by atoms with E-state index in [2.05, 4.69) is 16.6 Å². The molecule has 0 unspecified atom stereocenters. The van der Waals surface area contributed by atoms with Crippen molar-refractivity contribution in [3.05, 3.63) is 42.5 Å². The predicted octanol–water partition coefficient (Wildman–Crippen LogP) is 0.981. The number of carbonyl (C=O) groups is 1.